The number of para-hydroxylation sites is 1. The zero-order valence-electron chi connectivity index (χ0n) is 18.1. The summed E-state index contributed by atoms with van der Waals surface area (Å²) in [5.41, 5.74) is 5.07. The van der Waals surface area contributed by atoms with Gasteiger partial charge >= 0.3 is 0 Å². The van der Waals surface area contributed by atoms with Crippen molar-refractivity contribution in [1.82, 2.24) is 5.32 Å². The number of hydrogen-bond donors (Lipinski definition) is 2. The van der Waals surface area contributed by atoms with Gasteiger partial charge in [0.1, 0.15) is 11.9 Å². The van der Waals surface area contributed by atoms with Crippen LogP contribution in [0.25, 0.3) is 0 Å². The maximum Gasteiger partial charge on any atom is 0.162 e. The number of aryl methyl sites for hydroxylation is 1. The molecule has 1 aliphatic rings. The number of hydrogen-bond acceptors (Lipinski definition) is 5. The molecule has 2 atom stereocenters. The predicted molar refractivity (Wildman–Crippen MR) is 123 cm³/mol. The molecule has 2 N–H and O–H groups in total. The molecule has 5 heteroatoms. The molecule has 0 amide bonds. The third kappa shape index (κ3) is 4.57. The van der Waals surface area contributed by atoms with Crippen molar-refractivity contribution in [1.29, 1.82) is 0 Å². The summed E-state index contributed by atoms with van der Waals surface area (Å²) in [6, 6.07) is 21.9. The Morgan fingerprint density at radius 3 is 2.58 bits per heavy atom. The first kappa shape index (κ1) is 20.9. The second-order valence-electron chi connectivity index (χ2n) is 7.67. The summed E-state index contributed by atoms with van der Waals surface area (Å²) in [6.45, 7) is 4.48. The van der Waals surface area contributed by atoms with Crippen molar-refractivity contribution in [2.75, 3.05) is 13.7 Å². The maximum absolute atomic E-state index is 10.9. The molecule has 0 saturated heterocycles. The minimum Gasteiger partial charge on any atom is -0.504 e. The highest BCUT2D eigenvalue weighted by Crippen LogP contribution is 2.39. The van der Waals surface area contributed by atoms with Gasteiger partial charge in [0, 0.05) is 23.7 Å². The monoisotopic (exact) mass is 416 g/mol. The second-order valence-corrected chi connectivity index (χ2v) is 7.67. The van der Waals surface area contributed by atoms with Gasteiger partial charge in [-0.25, -0.2) is 0 Å². The Labute approximate surface area is 183 Å². The van der Waals surface area contributed by atoms with Crippen LogP contribution < -0.4 is 14.8 Å². The van der Waals surface area contributed by atoms with Gasteiger partial charge in [0.25, 0.3) is 0 Å². The first-order valence-corrected chi connectivity index (χ1v) is 10.6. The van der Waals surface area contributed by atoms with E-state index in [2.05, 4.69) is 36.5 Å². The molecule has 31 heavy (non-hydrogen) atoms. The fraction of sp³-hybridized carbons (Fsp3) is 0.269. The van der Waals surface area contributed by atoms with Gasteiger partial charge in [0.05, 0.1) is 13.7 Å². The topological polar surface area (TPSA) is 63.1 Å². The fourth-order valence-electron chi connectivity index (χ4n) is 3.90. The molecular formula is C26H28N2O3. The number of rotatable bonds is 6. The zero-order valence-corrected chi connectivity index (χ0v) is 18.1. The van der Waals surface area contributed by atoms with Crippen molar-refractivity contribution in [3.63, 3.8) is 0 Å². The Balaban J connectivity index is 1.75. The van der Waals surface area contributed by atoms with E-state index in [-0.39, 0.29) is 18.0 Å². The maximum atomic E-state index is 10.9. The van der Waals surface area contributed by atoms with Gasteiger partial charge in [-0.2, -0.15) is 0 Å². The van der Waals surface area contributed by atoms with Gasteiger partial charge in [0.15, 0.2) is 11.5 Å². The standard InChI is InChI=1S/C26H28N2O3/c1-4-31-24-10-6-9-21(25(24)29)23-16-22(19-7-5-8-20(15-19)30-3)27-26(28-23)18-13-11-17(2)12-14-18/h5-15,23,26,28-29H,4,16H2,1-3H3/t23-,26+/m0/s1. The van der Waals surface area contributed by atoms with Crippen LogP contribution in [-0.4, -0.2) is 24.5 Å². The summed E-state index contributed by atoms with van der Waals surface area (Å²) in [7, 11) is 1.67. The molecule has 0 aromatic heterocycles. The predicted octanol–water partition coefficient (Wildman–Crippen LogP) is 5.33. The molecule has 0 aliphatic carbocycles. The molecule has 1 aliphatic heterocycles. The van der Waals surface area contributed by atoms with Crippen LogP contribution in [0, 0.1) is 6.92 Å². The first-order chi connectivity index (χ1) is 15.1. The van der Waals surface area contributed by atoms with E-state index in [4.69, 9.17) is 14.5 Å². The second kappa shape index (κ2) is 9.23. The molecule has 160 valence electrons. The van der Waals surface area contributed by atoms with Crippen molar-refractivity contribution in [2.45, 2.75) is 32.5 Å². The van der Waals surface area contributed by atoms with E-state index in [0.717, 1.165) is 28.2 Å². The molecule has 4 rings (SSSR count). The van der Waals surface area contributed by atoms with Crippen molar-refractivity contribution in [3.05, 3.63) is 89.0 Å². The number of phenolic OH excluding ortho intramolecular Hbond substituents is 1. The minimum absolute atomic E-state index is 0.120. The first-order valence-electron chi connectivity index (χ1n) is 10.6. The van der Waals surface area contributed by atoms with Gasteiger partial charge in [-0.1, -0.05) is 54.1 Å². The van der Waals surface area contributed by atoms with Gasteiger partial charge in [-0.05, 0) is 43.2 Å². The van der Waals surface area contributed by atoms with Crippen LogP contribution >= 0.6 is 0 Å². The number of benzene rings is 3. The summed E-state index contributed by atoms with van der Waals surface area (Å²) in [6.07, 6.45) is 0.411. The summed E-state index contributed by atoms with van der Waals surface area (Å²) >= 11 is 0. The van der Waals surface area contributed by atoms with Gasteiger partial charge < -0.3 is 14.6 Å². The van der Waals surface area contributed by atoms with Crippen LogP contribution in [0.5, 0.6) is 17.2 Å². The Hall–Kier alpha value is -3.31. The largest absolute Gasteiger partial charge is 0.504 e. The molecule has 1 heterocycles. The van der Waals surface area contributed by atoms with Crippen LogP contribution in [0.2, 0.25) is 0 Å². The summed E-state index contributed by atoms with van der Waals surface area (Å²) in [5, 5.41) is 14.5. The third-order valence-corrected chi connectivity index (χ3v) is 5.54. The van der Waals surface area contributed by atoms with E-state index >= 15 is 0 Å². The summed E-state index contributed by atoms with van der Waals surface area (Å²) in [5.74, 6) is 1.47. The van der Waals surface area contributed by atoms with E-state index in [1.165, 1.54) is 5.56 Å². The number of methoxy groups -OCH3 is 1. The highest BCUT2D eigenvalue weighted by molar-refractivity contribution is 6.02. The van der Waals surface area contributed by atoms with Crippen LogP contribution in [0.15, 0.2) is 71.7 Å². The average molecular weight is 417 g/mol. The smallest absolute Gasteiger partial charge is 0.162 e. The fourth-order valence-corrected chi connectivity index (χ4v) is 3.90. The number of nitrogens with zero attached hydrogens (tertiary/aromatic N) is 1. The van der Waals surface area contributed by atoms with Gasteiger partial charge in [0.2, 0.25) is 0 Å². The Bertz CT molecular complexity index is 1080. The minimum atomic E-state index is -0.226. The molecule has 0 unspecified atom stereocenters. The Morgan fingerprint density at radius 1 is 1.06 bits per heavy atom. The van der Waals surface area contributed by atoms with Crippen molar-refractivity contribution >= 4 is 5.71 Å². The van der Waals surface area contributed by atoms with Crippen LogP contribution in [0.3, 0.4) is 0 Å². The molecule has 3 aromatic carbocycles. The number of aromatic hydroxyl groups is 1. The number of ether oxygens (including phenoxy) is 2. The normalized spacial score (nSPS) is 18.4. The van der Waals surface area contributed by atoms with E-state index in [9.17, 15) is 5.11 Å². The summed E-state index contributed by atoms with van der Waals surface area (Å²) < 4.78 is 11.0. The lowest BCUT2D eigenvalue weighted by molar-refractivity contribution is 0.313. The molecule has 0 saturated carbocycles. The molecule has 5 nitrogen and oxygen atoms in total. The van der Waals surface area contributed by atoms with Crippen molar-refractivity contribution < 1.29 is 14.6 Å². The zero-order chi connectivity index (χ0) is 21.8. The summed E-state index contributed by atoms with van der Waals surface area (Å²) in [4.78, 5) is 5.03. The number of phenols is 1. The lowest BCUT2D eigenvalue weighted by atomic mass is 9.93. The van der Waals surface area contributed by atoms with E-state index < -0.39 is 0 Å². The highest BCUT2D eigenvalue weighted by atomic mass is 16.5. The molecule has 0 spiro atoms. The highest BCUT2D eigenvalue weighted by Gasteiger charge is 2.28. The SMILES string of the molecule is CCOc1cccc([C@@H]2CC(c3cccc(OC)c3)=N[C@@H](c3ccc(C)cc3)N2)c1O. The lowest BCUT2D eigenvalue weighted by Gasteiger charge is -2.31. The number of nitrogens with one attached hydrogen (secondary N) is 1. The molecule has 0 radical (unpaired) electrons. The van der Waals surface area contributed by atoms with Crippen molar-refractivity contribution in [2.24, 2.45) is 4.99 Å². The van der Waals surface area contributed by atoms with E-state index in [1.54, 1.807) is 13.2 Å². The number of aliphatic imine (C=N–C) groups is 1. The van der Waals surface area contributed by atoms with Crippen LogP contribution in [-0.2, 0) is 0 Å². The molecular weight excluding hydrogens is 388 g/mol. The average Bonchev–Trinajstić information content (AvgIpc) is 2.81. The third-order valence-electron chi connectivity index (χ3n) is 5.54. The lowest BCUT2D eigenvalue weighted by Crippen LogP contribution is -2.33. The van der Waals surface area contributed by atoms with Crippen molar-refractivity contribution in [3.8, 4) is 17.2 Å². The molecule has 0 bridgehead atoms. The van der Waals surface area contributed by atoms with E-state index in [0.29, 0.717) is 18.8 Å². The quantitative estimate of drug-likeness (QED) is 0.570. The molecule has 3 aromatic rings. The van der Waals surface area contributed by atoms with Crippen LogP contribution in [0.4, 0.5) is 0 Å². The van der Waals surface area contributed by atoms with E-state index in [1.807, 2.05) is 43.3 Å². The Morgan fingerprint density at radius 2 is 1.84 bits per heavy atom. The molecule has 0 fully saturated rings. The van der Waals surface area contributed by atoms with Gasteiger partial charge in [-0.3, -0.25) is 10.3 Å². The Kier molecular flexibility index (Phi) is 6.23. The van der Waals surface area contributed by atoms with Crippen LogP contribution in [0.1, 0.15) is 47.8 Å². The van der Waals surface area contributed by atoms with Gasteiger partial charge in [-0.15, -0.1) is 0 Å².